The summed E-state index contributed by atoms with van der Waals surface area (Å²) in [7, 11) is 1.56. The monoisotopic (exact) mass is 261 g/mol. The highest BCUT2D eigenvalue weighted by molar-refractivity contribution is 5.57. The van der Waals surface area contributed by atoms with Crippen molar-refractivity contribution in [2.75, 3.05) is 12.4 Å². The van der Waals surface area contributed by atoms with Crippen LogP contribution in [0.5, 0.6) is 5.75 Å². The first kappa shape index (κ1) is 12.0. The number of aromatic nitrogens is 2. The zero-order valence-corrected chi connectivity index (χ0v) is 11.0. The standard InChI is InChI=1S/C14H16FN3O/c1-9-8-18(10-3-4-10)14(16-9)17-13-7-11(19-2)5-6-12(13)15/h5-8,10H,3-4H2,1-2H3,(H,16,17). The van der Waals surface area contributed by atoms with Crippen LogP contribution in [0, 0.1) is 12.7 Å². The largest absolute Gasteiger partial charge is 0.497 e. The van der Waals surface area contributed by atoms with Crippen molar-refractivity contribution < 1.29 is 9.13 Å². The molecule has 1 heterocycles. The average molecular weight is 261 g/mol. The molecule has 0 aliphatic heterocycles. The lowest BCUT2D eigenvalue weighted by Gasteiger charge is -2.10. The van der Waals surface area contributed by atoms with Gasteiger partial charge in [-0.1, -0.05) is 0 Å². The molecule has 2 aromatic rings. The molecule has 1 aliphatic rings. The van der Waals surface area contributed by atoms with E-state index in [0.717, 1.165) is 18.5 Å². The van der Waals surface area contributed by atoms with Crippen molar-refractivity contribution in [3.05, 3.63) is 35.9 Å². The van der Waals surface area contributed by atoms with Crippen molar-refractivity contribution in [2.45, 2.75) is 25.8 Å². The number of nitrogens with zero attached hydrogens (tertiary/aromatic N) is 2. The van der Waals surface area contributed by atoms with Crippen LogP contribution in [0.25, 0.3) is 0 Å². The molecule has 0 unspecified atom stereocenters. The summed E-state index contributed by atoms with van der Waals surface area (Å²) in [6, 6.07) is 5.12. The van der Waals surface area contributed by atoms with Crippen LogP contribution >= 0.6 is 0 Å². The van der Waals surface area contributed by atoms with E-state index in [4.69, 9.17) is 4.74 Å². The molecule has 0 atom stereocenters. The highest BCUT2D eigenvalue weighted by atomic mass is 19.1. The first-order valence-electron chi connectivity index (χ1n) is 6.33. The second-order valence-corrected chi connectivity index (χ2v) is 4.82. The average Bonchev–Trinajstić information content (AvgIpc) is 3.17. The van der Waals surface area contributed by atoms with Crippen LogP contribution in [0.3, 0.4) is 0 Å². The van der Waals surface area contributed by atoms with E-state index in [1.807, 2.05) is 13.1 Å². The summed E-state index contributed by atoms with van der Waals surface area (Å²) >= 11 is 0. The number of benzene rings is 1. The number of methoxy groups -OCH3 is 1. The Hall–Kier alpha value is -2.04. The Bertz CT molecular complexity index is 605. The second kappa shape index (κ2) is 4.57. The highest BCUT2D eigenvalue weighted by Gasteiger charge is 2.26. The molecule has 1 aromatic heterocycles. The van der Waals surface area contributed by atoms with Crippen molar-refractivity contribution in [2.24, 2.45) is 0 Å². The minimum Gasteiger partial charge on any atom is -0.497 e. The van der Waals surface area contributed by atoms with Crippen molar-refractivity contribution in [3.8, 4) is 5.75 Å². The zero-order valence-electron chi connectivity index (χ0n) is 11.0. The van der Waals surface area contributed by atoms with E-state index in [1.165, 1.54) is 6.07 Å². The van der Waals surface area contributed by atoms with Gasteiger partial charge in [-0.05, 0) is 31.9 Å². The van der Waals surface area contributed by atoms with E-state index in [-0.39, 0.29) is 5.82 Å². The van der Waals surface area contributed by atoms with Crippen LogP contribution in [0.1, 0.15) is 24.6 Å². The first-order chi connectivity index (χ1) is 9.17. The summed E-state index contributed by atoms with van der Waals surface area (Å²) in [5, 5.41) is 3.05. The maximum atomic E-state index is 13.8. The molecular formula is C14H16FN3O. The molecule has 100 valence electrons. The normalized spacial score (nSPS) is 14.5. The van der Waals surface area contributed by atoms with Gasteiger partial charge in [-0.15, -0.1) is 0 Å². The third-order valence-electron chi connectivity index (χ3n) is 3.21. The Kier molecular flexibility index (Phi) is 2.89. The molecule has 1 saturated carbocycles. The number of ether oxygens (including phenoxy) is 1. The Morgan fingerprint density at radius 2 is 2.21 bits per heavy atom. The van der Waals surface area contributed by atoms with Gasteiger partial charge in [0.05, 0.1) is 18.5 Å². The number of rotatable bonds is 4. The van der Waals surface area contributed by atoms with E-state index >= 15 is 0 Å². The van der Waals surface area contributed by atoms with Crippen molar-refractivity contribution in [1.82, 2.24) is 9.55 Å². The van der Waals surface area contributed by atoms with Crippen LogP contribution < -0.4 is 10.1 Å². The molecule has 0 spiro atoms. The molecule has 0 saturated heterocycles. The summed E-state index contributed by atoms with van der Waals surface area (Å²) < 4.78 is 21.0. The number of imidazole rings is 1. The lowest BCUT2D eigenvalue weighted by Crippen LogP contribution is -2.03. The molecule has 0 amide bonds. The third kappa shape index (κ3) is 2.41. The molecule has 1 aliphatic carbocycles. The van der Waals surface area contributed by atoms with Crippen molar-refractivity contribution >= 4 is 11.6 Å². The van der Waals surface area contributed by atoms with Crippen LogP contribution in [0.4, 0.5) is 16.0 Å². The summed E-state index contributed by atoms with van der Waals surface area (Å²) in [5.74, 6) is 0.987. The topological polar surface area (TPSA) is 39.1 Å². The number of aryl methyl sites for hydroxylation is 1. The molecule has 1 aromatic carbocycles. The molecule has 0 radical (unpaired) electrons. The van der Waals surface area contributed by atoms with E-state index in [9.17, 15) is 4.39 Å². The van der Waals surface area contributed by atoms with Crippen LogP contribution in [0.15, 0.2) is 24.4 Å². The minimum absolute atomic E-state index is 0.316. The van der Waals surface area contributed by atoms with Gasteiger partial charge in [-0.2, -0.15) is 0 Å². The SMILES string of the molecule is COc1ccc(F)c(Nc2nc(C)cn2C2CC2)c1. The maximum Gasteiger partial charge on any atom is 0.207 e. The summed E-state index contributed by atoms with van der Waals surface area (Å²) in [5.41, 5.74) is 1.31. The Balaban J connectivity index is 1.92. The van der Waals surface area contributed by atoms with E-state index in [1.54, 1.807) is 19.2 Å². The second-order valence-electron chi connectivity index (χ2n) is 4.82. The molecule has 19 heavy (non-hydrogen) atoms. The fraction of sp³-hybridized carbons (Fsp3) is 0.357. The van der Waals surface area contributed by atoms with Gasteiger partial charge in [0.25, 0.3) is 0 Å². The van der Waals surface area contributed by atoms with Crippen LogP contribution in [-0.4, -0.2) is 16.7 Å². The Morgan fingerprint density at radius 1 is 1.42 bits per heavy atom. The van der Waals surface area contributed by atoms with Gasteiger partial charge in [-0.25, -0.2) is 9.37 Å². The molecule has 5 heteroatoms. The number of halogens is 1. The molecule has 3 rings (SSSR count). The van der Waals surface area contributed by atoms with Gasteiger partial charge in [0.15, 0.2) is 0 Å². The number of hydrogen-bond donors (Lipinski definition) is 1. The van der Waals surface area contributed by atoms with E-state index in [2.05, 4.69) is 14.9 Å². The zero-order chi connectivity index (χ0) is 13.4. The van der Waals surface area contributed by atoms with Gasteiger partial charge < -0.3 is 14.6 Å². The van der Waals surface area contributed by atoms with Gasteiger partial charge in [0.1, 0.15) is 11.6 Å². The predicted molar refractivity (Wildman–Crippen MR) is 71.5 cm³/mol. The van der Waals surface area contributed by atoms with E-state index < -0.39 is 0 Å². The molecule has 4 nitrogen and oxygen atoms in total. The summed E-state index contributed by atoms with van der Waals surface area (Å²) in [6.45, 7) is 1.94. The van der Waals surface area contributed by atoms with Gasteiger partial charge >= 0.3 is 0 Å². The fourth-order valence-electron chi connectivity index (χ4n) is 2.09. The van der Waals surface area contributed by atoms with E-state index in [0.29, 0.717) is 23.4 Å². The van der Waals surface area contributed by atoms with Gasteiger partial charge in [0.2, 0.25) is 5.95 Å². The quantitative estimate of drug-likeness (QED) is 0.916. The summed E-state index contributed by atoms with van der Waals surface area (Å²) in [6.07, 6.45) is 4.31. The molecule has 0 bridgehead atoms. The first-order valence-corrected chi connectivity index (χ1v) is 6.33. The number of hydrogen-bond acceptors (Lipinski definition) is 3. The van der Waals surface area contributed by atoms with Crippen LogP contribution in [-0.2, 0) is 0 Å². The third-order valence-corrected chi connectivity index (χ3v) is 3.21. The molecule has 1 fully saturated rings. The number of anilines is 2. The van der Waals surface area contributed by atoms with Crippen LogP contribution in [0.2, 0.25) is 0 Å². The smallest absolute Gasteiger partial charge is 0.207 e. The molecule has 1 N–H and O–H groups in total. The van der Waals surface area contributed by atoms with Gasteiger partial charge in [0, 0.05) is 18.3 Å². The predicted octanol–water partition coefficient (Wildman–Crippen LogP) is 3.42. The van der Waals surface area contributed by atoms with Crippen molar-refractivity contribution in [1.29, 1.82) is 0 Å². The Morgan fingerprint density at radius 3 is 2.89 bits per heavy atom. The van der Waals surface area contributed by atoms with Gasteiger partial charge in [-0.3, -0.25) is 0 Å². The number of nitrogens with one attached hydrogen (secondary N) is 1. The minimum atomic E-state index is -0.316. The van der Waals surface area contributed by atoms with Crippen molar-refractivity contribution in [3.63, 3.8) is 0 Å². The lowest BCUT2D eigenvalue weighted by atomic mass is 10.3. The highest BCUT2D eigenvalue weighted by Crippen LogP contribution is 2.38. The summed E-state index contributed by atoms with van der Waals surface area (Å²) in [4.78, 5) is 4.41. The Labute approximate surface area is 111 Å². The molecular weight excluding hydrogens is 245 g/mol. The fourth-order valence-corrected chi connectivity index (χ4v) is 2.09. The maximum absolute atomic E-state index is 13.8. The lowest BCUT2D eigenvalue weighted by molar-refractivity contribution is 0.414.